The van der Waals surface area contributed by atoms with Gasteiger partial charge in [0, 0.05) is 37.1 Å². The molecule has 3 rings (SSSR count). The summed E-state index contributed by atoms with van der Waals surface area (Å²) in [7, 11) is 1.80. The molecule has 166 valence electrons. The van der Waals surface area contributed by atoms with Crippen LogP contribution in [0.1, 0.15) is 58.8 Å². The Hall–Kier alpha value is -3.54. The molecule has 0 aliphatic heterocycles. The van der Waals surface area contributed by atoms with Crippen molar-refractivity contribution in [3.05, 3.63) is 83.4 Å². The number of hydrogen-bond donors (Lipinski definition) is 1. The normalized spacial score (nSPS) is 11.8. The van der Waals surface area contributed by atoms with Crippen LogP contribution >= 0.6 is 0 Å². The monoisotopic (exact) mass is 430 g/mol. The maximum Gasteiger partial charge on any atom is 0.253 e. The van der Waals surface area contributed by atoms with Gasteiger partial charge >= 0.3 is 0 Å². The van der Waals surface area contributed by atoms with Crippen molar-refractivity contribution in [3.8, 4) is 11.1 Å². The Labute approximate surface area is 189 Å². The molecular weight excluding hydrogens is 400 g/mol. The second-order valence-electron chi connectivity index (χ2n) is 8.47. The van der Waals surface area contributed by atoms with Crippen molar-refractivity contribution in [1.82, 2.24) is 20.2 Å². The Kier molecular flexibility index (Phi) is 7.36. The summed E-state index contributed by atoms with van der Waals surface area (Å²) in [6.07, 6.45) is 4.83. The van der Waals surface area contributed by atoms with E-state index >= 15 is 0 Å². The summed E-state index contributed by atoms with van der Waals surface area (Å²) in [6, 6.07) is 13.2. The van der Waals surface area contributed by atoms with Gasteiger partial charge in [-0.3, -0.25) is 19.6 Å². The van der Waals surface area contributed by atoms with Gasteiger partial charge in [0.05, 0.1) is 17.9 Å². The number of rotatable bonds is 7. The lowest BCUT2D eigenvalue weighted by molar-refractivity contribution is 0.0778. The van der Waals surface area contributed by atoms with Gasteiger partial charge < -0.3 is 10.2 Å². The lowest BCUT2D eigenvalue weighted by Crippen LogP contribution is -2.32. The number of amides is 2. The van der Waals surface area contributed by atoms with Gasteiger partial charge in [-0.05, 0) is 48.6 Å². The topological polar surface area (TPSA) is 75.2 Å². The van der Waals surface area contributed by atoms with E-state index < -0.39 is 0 Å². The zero-order valence-electron chi connectivity index (χ0n) is 19.3. The van der Waals surface area contributed by atoms with Crippen LogP contribution in [0, 0.1) is 12.8 Å². The minimum absolute atomic E-state index is 0.0926. The largest absolute Gasteiger partial charge is 0.344 e. The molecule has 2 aromatic carbocycles. The third-order valence-corrected chi connectivity index (χ3v) is 5.35. The molecule has 1 aromatic heterocycles. The number of nitrogens with zero attached hydrogens (tertiary/aromatic N) is 3. The van der Waals surface area contributed by atoms with Crippen LogP contribution in [-0.2, 0) is 0 Å². The third kappa shape index (κ3) is 5.38. The number of carbonyl (C=O) groups excluding carboxylic acids is 2. The molecule has 0 radical (unpaired) electrons. The van der Waals surface area contributed by atoms with E-state index in [1.165, 1.54) is 0 Å². The first-order valence-corrected chi connectivity index (χ1v) is 10.8. The quantitative estimate of drug-likeness (QED) is 0.591. The molecule has 2 amide bonds. The Morgan fingerprint density at radius 1 is 1.00 bits per heavy atom. The lowest BCUT2D eigenvalue weighted by Gasteiger charge is -2.22. The van der Waals surface area contributed by atoms with Crippen LogP contribution in [0.4, 0.5) is 0 Å². The molecule has 0 spiro atoms. The summed E-state index contributed by atoms with van der Waals surface area (Å²) in [6.45, 7) is 8.47. The molecule has 1 heterocycles. The van der Waals surface area contributed by atoms with Gasteiger partial charge in [0.15, 0.2) is 0 Å². The van der Waals surface area contributed by atoms with Crippen molar-refractivity contribution in [2.24, 2.45) is 5.92 Å². The summed E-state index contributed by atoms with van der Waals surface area (Å²) in [5, 5.41) is 2.99. The van der Waals surface area contributed by atoms with Crippen LogP contribution in [0.25, 0.3) is 11.1 Å². The molecule has 3 aromatic rings. The lowest BCUT2D eigenvalue weighted by atomic mass is 9.93. The zero-order chi connectivity index (χ0) is 23.3. The Balaban J connectivity index is 2.02. The minimum Gasteiger partial charge on any atom is -0.344 e. The van der Waals surface area contributed by atoms with E-state index in [1.54, 1.807) is 30.5 Å². The van der Waals surface area contributed by atoms with Crippen molar-refractivity contribution >= 4 is 11.8 Å². The number of benzene rings is 2. The molecule has 0 bridgehead atoms. The van der Waals surface area contributed by atoms with E-state index in [0.717, 1.165) is 11.1 Å². The van der Waals surface area contributed by atoms with E-state index in [1.807, 2.05) is 56.3 Å². The van der Waals surface area contributed by atoms with E-state index in [9.17, 15) is 9.59 Å². The van der Waals surface area contributed by atoms with Gasteiger partial charge in [0.25, 0.3) is 11.8 Å². The smallest absolute Gasteiger partial charge is 0.253 e. The highest BCUT2D eigenvalue weighted by Crippen LogP contribution is 2.27. The molecule has 1 unspecified atom stereocenters. The zero-order valence-corrected chi connectivity index (χ0v) is 19.3. The van der Waals surface area contributed by atoms with Crippen LogP contribution in [0.2, 0.25) is 0 Å². The van der Waals surface area contributed by atoms with Gasteiger partial charge in [-0.1, -0.05) is 44.2 Å². The summed E-state index contributed by atoms with van der Waals surface area (Å²) in [4.78, 5) is 36.6. The predicted octanol–water partition coefficient (Wildman–Crippen LogP) is 4.67. The van der Waals surface area contributed by atoms with E-state index in [2.05, 4.69) is 29.1 Å². The summed E-state index contributed by atoms with van der Waals surface area (Å²) in [5.74, 6) is 0.00108. The third-order valence-electron chi connectivity index (χ3n) is 5.35. The number of hydrogen-bond acceptors (Lipinski definition) is 4. The van der Waals surface area contributed by atoms with E-state index in [0.29, 0.717) is 34.8 Å². The minimum atomic E-state index is -0.321. The van der Waals surface area contributed by atoms with Gasteiger partial charge in [-0.15, -0.1) is 0 Å². The first-order valence-electron chi connectivity index (χ1n) is 10.8. The highest BCUT2D eigenvalue weighted by molar-refractivity contribution is 6.03. The van der Waals surface area contributed by atoms with Crippen molar-refractivity contribution in [2.75, 3.05) is 13.6 Å². The SMILES string of the molecule is Cc1c(C(=O)NC(C)c2cnccn2)cc(-c2ccccc2)cc1C(=O)N(C)CC(C)C. The van der Waals surface area contributed by atoms with Crippen LogP contribution in [0.15, 0.2) is 61.1 Å². The summed E-state index contributed by atoms with van der Waals surface area (Å²) < 4.78 is 0. The molecular formula is C26H30N4O2. The van der Waals surface area contributed by atoms with Gasteiger partial charge in [0.2, 0.25) is 0 Å². The fourth-order valence-electron chi connectivity index (χ4n) is 3.69. The van der Waals surface area contributed by atoms with Crippen molar-refractivity contribution < 1.29 is 9.59 Å². The second-order valence-corrected chi connectivity index (χ2v) is 8.47. The van der Waals surface area contributed by atoms with Crippen molar-refractivity contribution in [2.45, 2.75) is 33.7 Å². The van der Waals surface area contributed by atoms with Crippen molar-refractivity contribution in [1.29, 1.82) is 0 Å². The molecule has 0 saturated carbocycles. The van der Waals surface area contributed by atoms with Crippen LogP contribution in [0.5, 0.6) is 0 Å². The predicted molar refractivity (Wildman–Crippen MR) is 126 cm³/mol. The summed E-state index contributed by atoms with van der Waals surface area (Å²) >= 11 is 0. The highest BCUT2D eigenvalue weighted by Gasteiger charge is 2.22. The Morgan fingerprint density at radius 3 is 2.31 bits per heavy atom. The first-order chi connectivity index (χ1) is 15.3. The Morgan fingerprint density at radius 2 is 1.69 bits per heavy atom. The fourth-order valence-corrected chi connectivity index (χ4v) is 3.69. The molecule has 32 heavy (non-hydrogen) atoms. The van der Waals surface area contributed by atoms with E-state index in [-0.39, 0.29) is 17.9 Å². The molecule has 6 nitrogen and oxygen atoms in total. The highest BCUT2D eigenvalue weighted by atomic mass is 16.2. The molecule has 0 saturated heterocycles. The average molecular weight is 431 g/mol. The summed E-state index contributed by atoms with van der Waals surface area (Å²) in [5.41, 5.74) is 4.12. The number of carbonyl (C=O) groups is 2. The van der Waals surface area contributed by atoms with Gasteiger partial charge in [-0.25, -0.2) is 0 Å². The van der Waals surface area contributed by atoms with E-state index in [4.69, 9.17) is 0 Å². The standard InChI is InChI=1S/C26H30N4O2/c1-17(2)16-30(5)26(32)23-14-21(20-9-7-6-8-10-20)13-22(18(23)3)25(31)29-19(4)24-15-27-11-12-28-24/h6-15,17,19H,16H2,1-5H3,(H,29,31). The maximum absolute atomic E-state index is 13.3. The number of nitrogens with one attached hydrogen (secondary N) is 1. The molecule has 0 fully saturated rings. The molecule has 6 heteroatoms. The average Bonchev–Trinajstić information content (AvgIpc) is 2.79. The molecule has 0 aliphatic carbocycles. The van der Waals surface area contributed by atoms with Gasteiger partial charge in [0.1, 0.15) is 0 Å². The molecule has 1 atom stereocenters. The molecule has 0 aliphatic rings. The van der Waals surface area contributed by atoms with Gasteiger partial charge in [-0.2, -0.15) is 0 Å². The van der Waals surface area contributed by atoms with Crippen molar-refractivity contribution in [3.63, 3.8) is 0 Å². The fraction of sp³-hybridized carbons (Fsp3) is 0.308. The Bertz CT molecular complexity index is 1080. The first kappa shape index (κ1) is 23.1. The van der Waals surface area contributed by atoms with Crippen LogP contribution in [-0.4, -0.2) is 40.3 Å². The number of aromatic nitrogens is 2. The second kappa shape index (κ2) is 10.2. The maximum atomic E-state index is 13.3. The van der Waals surface area contributed by atoms with Crippen LogP contribution in [0.3, 0.4) is 0 Å². The molecule has 1 N–H and O–H groups in total. The van der Waals surface area contributed by atoms with Crippen LogP contribution < -0.4 is 5.32 Å².